The molecule has 0 aliphatic rings. The average molecular weight is 224 g/mol. The van der Waals surface area contributed by atoms with Crippen molar-refractivity contribution < 1.29 is 0 Å². The van der Waals surface area contributed by atoms with Crippen molar-refractivity contribution in [2.24, 2.45) is 0 Å². The van der Waals surface area contributed by atoms with E-state index < -0.39 is 0 Å². The lowest BCUT2D eigenvalue weighted by molar-refractivity contribution is 0.715. The smallest absolute Gasteiger partial charge is 0.0903 e. The summed E-state index contributed by atoms with van der Waals surface area (Å²) in [6, 6.07) is 0. The Morgan fingerprint density at radius 2 is 2.20 bits per heavy atom. The maximum absolute atomic E-state index is 4.41. The van der Waals surface area contributed by atoms with Gasteiger partial charge < -0.3 is 5.32 Å². The molecular weight excluding hydrogens is 204 g/mol. The highest BCUT2D eigenvalue weighted by Crippen LogP contribution is 2.19. The van der Waals surface area contributed by atoms with Crippen molar-refractivity contribution in [3.63, 3.8) is 0 Å². The summed E-state index contributed by atoms with van der Waals surface area (Å²) in [6.45, 7) is 10.5. The first-order valence-corrected chi connectivity index (χ1v) is 6.27. The monoisotopic (exact) mass is 224 g/mol. The van der Waals surface area contributed by atoms with E-state index in [0.29, 0.717) is 0 Å². The van der Waals surface area contributed by atoms with Gasteiger partial charge in [-0.15, -0.1) is 11.3 Å². The number of aromatic nitrogens is 1. The van der Waals surface area contributed by atoms with Gasteiger partial charge in [0.15, 0.2) is 0 Å². The SMILES string of the molecule is CCCNCC(C)=Cc1sc(C)nc1C. The number of hydrogen-bond acceptors (Lipinski definition) is 3. The summed E-state index contributed by atoms with van der Waals surface area (Å²) in [5, 5.41) is 4.54. The fraction of sp³-hybridized carbons (Fsp3) is 0.583. The normalized spacial score (nSPS) is 12.1. The van der Waals surface area contributed by atoms with Crippen molar-refractivity contribution in [3.8, 4) is 0 Å². The molecule has 0 aliphatic heterocycles. The van der Waals surface area contributed by atoms with Gasteiger partial charge in [-0.05, 0) is 39.8 Å². The van der Waals surface area contributed by atoms with Crippen molar-refractivity contribution in [3.05, 3.63) is 21.2 Å². The summed E-state index contributed by atoms with van der Waals surface area (Å²) in [7, 11) is 0. The van der Waals surface area contributed by atoms with Crippen LogP contribution in [0.3, 0.4) is 0 Å². The van der Waals surface area contributed by atoms with E-state index in [1.807, 2.05) is 0 Å². The average Bonchev–Trinajstić information content (AvgIpc) is 2.45. The topological polar surface area (TPSA) is 24.9 Å². The van der Waals surface area contributed by atoms with Crippen LogP contribution in [0.5, 0.6) is 0 Å². The molecule has 1 N–H and O–H groups in total. The number of thiazole rings is 1. The molecule has 0 amide bonds. The maximum Gasteiger partial charge on any atom is 0.0903 e. The second-order valence-corrected chi connectivity index (χ2v) is 5.08. The Labute approximate surface area is 96.4 Å². The molecule has 1 aromatic heterocycles. The predicted molar refractivity (Wildman–Crippen MR) is 68.4 cm³/mol. The highest BCUT2D eigenvalue weighted by Gasteiger charge is 2.01. The first kappa shape index (κ1) is 12.4. The standard InChI is InChI=1S/C12H20N2S/c1-5-6-13-8-9(2)7-12-10(3)14-11(4)15-12/h7,13H,5-6,8H2,1-4H3. The number of nitrogens with one attached hydrogen (secondary N) is 1. The Morgan fingerprint density at radius 1 is 1.47 bits per heavy atom. The number of nitrogens with zero attached hydrogens (tertiary/aromatic N) is 1. The third-order valence-electron chi connectivity index (χ3n) is 2.15. The fourth-order valence-electron chi connectivity index (χ4n) is 1.42. The summed E-state index contributed by atoms with van der Waals surface area (Å²) in [6.07, 6.45) is 3.43. The predicted octanol–water partition coefficient (Wildman–Crippen LogP) is 3.16. The van der Waals surface area contributed by atoms with E-state index in [2.05, 4.69) is 44.1 Å². The molecule has 0 aromatic carbocycles. The van der Waals surface area contributed by atoms with Gasteiger partial charge in [-0.2, -0.15) is 0 Å². The molecule has 0 unspecified atom stereocenters. The van der Waals surface area contributed by atoms with Gasteiger partial charge in [0.2, 0.25) is 0 Å². The van der Waals surface area contributed by atoms with Crippen LogP contribution in [-0.4, -0.2) is 18.1 Å². The molecule has 0 aliphatic carbocycles. The van der Waals surface area contributed by atoms with E-state index in [1.165, 1.54) is 16.9 Å². The molecule has 0 bridgehead atoms. The zero-order chi connectivity index (χ0) is 11.3. The number of aryl methyl sites for hydroxylation is 2. The summed E-state index contributed by atoms with van der Waals surface area (Å²) in [5.41, 5.74) is 2.52. The third-order valence-corrected chi connectivity index (χ3v) is 3.17. The molecule has 0 saturated heterocycles. The van der Waals surface area contributed by atoms with Crippen molar-refractivity contribution in [2.45, 2.75) is 34.1 Å². The quantitative estimate of drug-likeness (QED) is 0.777. The lowest BCUT2D eigenvalue weighted by atomic mass is 10.2. The van der Waals surface area contributed by atoms with Crippen LogP contribution in [0.15, 0.2) is 5.57 Å². The van der Waals surface area contributed by atoms with Gasteiger partial charge in [-0.25, -0.2) is 4.98 Å². The summed E-state index contributed by atoms with van der Waals surface area (Å²) in [5.74, 6) is 0. The van der Waals surface area contributed by atoms with E-state index in [1.54, 1.807) is 11.3 Å². The van der Waals surface area contributed by atoms with Crippen LogP contribution >= 0.6 is 11.3 Å². The molecule has 1 rings (SSSR count). The van der Waals surface area contributed by atoms with Crippen molar-refractivity contribution in [2.75, 3.05) is 13.1 Å². The number of rotatable bonds is 5. The van der Waals surface area contributed by atoms with Crippen LogP contribution in [0.2, 0.25) is 0 Å². The van der Waals surface area contributed by atoms with Gasteiger partial charge in [0, 0.05) is 6.54 Å². The molecule has 0 saturated carbocycles. The van der Waals surface area contributed by atoms with Gasteiger partial charge >= 0.3 is 0 Å². The zero-order valence-electron chi connectivity index (χ0n) is 10.1. The highest BCUT2D eigenvalue weighted by molar-refractivity contribution is 7.12. The fourth-order valence-corrected chi connectivity index (χ4v) is 2.37. The molecular formula is C12H20N2S. The molecule has 3 heteroatoms. The van der Waals surface area contributed by atoms with Crippen LogP contribution in [0.1, 0.15) is 35.8 Å². The van der Waals surface area contributed by atoms with Gasteiger partial charge in [0.25, 0.3) is 0 Å². The minimum Gasteiger partial charge on any atom is -0.313 e. The largest absolute Gasteiger partial charge is 0.313 e. The minimum atomic E-state index is 0.976. The lowest BCUT2D eigenvalue weighted by Gasteiger charge is -2.02. The molecule has 0 fully saturated rings. The van der Waals surface area contributed by atoms with Gasteiger partial charge in [0.05, 0.1) is 15.6 Å². The molecule has 84 valence electrons. The van der Waals surface area contributed by atoms with Crippen molar-refractivity contribution >= 4 is 17.4 Å². The Kier molecular flexibility index (Phi) is 4.99. The molecule has 1 aromatic rings. The van der Waals surface area contributed by atoms with E-state index in [0.717, 1.165) is 23.8 Å². The zero-order valence-corrected chi connectivity index (χ0v) is 10.9. The molecule has 1 heterocycles. The highest BCUT2D eigenvalue weighted by atomic mass is 32.1. The van der Waals surface area contributed by atoms with Crippen LogP contribution in [0.4, 0.5) is 0 Å². The lowest BCUT2D eigenvalue weighted by Crippen LogP contribution is -2.16. The van der Waals surface area contributed by atoms with Crippen LogP contribution in [0, 0.1) is 13.8 Å². The van der Waals surface area contributed by atoms with Crippen molar-refractivity contribution in [1.82, 2.24) is 10.3 Å². The molecule has 2 nitrogen and oxygen atoms in total. The second-order valence-electron chi connectivity index (χ2n) is 3.85. The van der Waals surface area contributed by atoms with Gasteiger partial charge in [0.1, 0.15) is 0 Å². The Hall–Kier alpha value is -0.670. The Bertz CT molecular complexity index is 339. The van der Waals surface area contributed by atoms with Crippen LogP contribution < -0.4 is 5.32 Å². The maximum atomic E-state index is 4.41. The van der Waals surface area contributed by atoms with Crippen molar-refractivity contribution in [1.29, 1.82) is 0 Å². The Morgan fingerprint density at radius 3 is 2.73 bits per heavy atom. The van der Waals surface area contributed by atoms with Crippen LogP contribution in [-0.2, 0) is 0 Å². The van der Waals surface area contributed by atoms with Gasteiger partial charge in [-0.3, -0.25) is 0 Å². The first-order valence-electron chi connectivity index (χ1n) is 5.45. The van der Waals surface area contributed by atoms with E-state index >= 15 is 0 Å². The first-order chi connectivity index (χ1) is 7.13. The van der Waals surface area contributed by atoms with Gasteiger partial charge in [-0.1, -0.05) is 12.5 Å². The second kappa shape index (κ2) is 6.03. The third kappa shape index (κ3) is 4.14. The Balaban J connectivity index is 2.58. The molecule has 0 spiro atoms. The molecule has 15 heavy (non-hydrogen) atoms. The minimum absolute atomic E-state index is 0.976. The molecule has 0 radical (unpaired) electrons. The summed E-state index contributed by atoms with van der Waals surface area (Å²) in [4.78, 5) is 5.71. The van der Waals surface area contributed by atoms with E-state index in [-0.39, 0.29) is 0 Å². The van der Waals surface area contributed by atoms with E-state index in [9.17, 15) is 0 Å². The number of hydrogen-bond donors (Lipinski definition) is 1. The summed E-state index contributed by atoms with van der Waals surface area (Å²) >= 11 is 1.77. The van der Waals surface area contributed by atoms with Crippen LogP contribution in [0.25, 0.3) is 6.08 Å². The summed E-state index contributed by atoms with van der Waals surface area (Å²) < 4.78 is 0. The van der Waals surface area contributed by atoms with E-state index in [4.69, 9.17) is 0 Å². The molecule has 0 atom stereocenters.